The molecule has 7 heteroatoms. The van der Waals surface area contributed by atoms with Gasteiger partial charge in [0, 0.05) is 7.05 Å². The van der Waals surface area contributed by atoms with Crippen LogP contribution in [-0.4, -0.2) is 20.6 Å². The molecule has 0 atom stereocenters. The maximum atomic E-state index is 12.8. The van der Waals surface area contributed by atoms with Gasteiger partial charge in [-0.2, -0.15) is 0 Å². The zero-order valence-electron chi connectivity index (χ0n) is 10.1. The Labute approximate surface area is 114 Å². The van der Waals surface area contributed by atoms with E-state index in [0.29, 0.717) is 10.6 Å². The molecule has 0 spiro atoms. The van der Waals surface area contributed by atoms with Crippen LogP contribution in [-0.2, 0) is 16.6 Å². The molecule has 0 fully saturated rings. The number of benzene rings is 1. The van der Waals surface area contributed by atoms with Crippen molar-refractivity contribution >= 4 is 27.0 Å². The molecule has 0 bridgehead atoms. The van der Waals surface area contributed by atoms with Crippen LogP contribution in [0.15, 0.2) is 40.6 Å². The zero-order valence-corrected chi connectivity index (χ0v) is 11.7. The van der Waals surface area contributed by atoms with E-state index in [0.717, 1.165) is 4.31 Å². The molecule has 2 rings (SSSR count). The fourth-order valence-electron chi connectivity index (χ4n) is 1.61. The Balaban J connectivity index is 2.42. The molecule has 1 heterocycles. The quantitative estimate of drug-likeness (QED) is 0.942. The second-order valence-electron chi connectivity index (χ2n) is 3.82. The summed E-state index contributed by atoms with van der Waals surface area (Å²) in [5, 5.41) is 10.7. The molecular formula is C12H12FNO3S2. The van der Waals surface area contributed by atoms with Crippen LogP contribution < -0.4 is 4.31 Å². The zero-order chi connectivity index (χ0) is 14.0. The molecule has 0 amide bonds. The van der Waals surface area contributed by atoms with Gasteiger partial charge < -0.3 is 5.11 Å². The molecule has 0 aliphatic carbocycles. The van der Waals surface area contributed by atoms with Crippen LogP contribution in [0, 0.1) is 5.82 Å². The summed E-state index contributed by atoms with van der Waals surface area (Å²) in [5.41, 5.74) is 0.358. The Morgan fingerprint density at radius 1 is 1.26 bits per heavy atom. The van der Waals surface area contributed by atoms with Crippen LogP contribution in [0.3, 0.4) is 0 Å². The molecule has 4 nitrogen and oxygen atoms in total. The smallest absolute Gasteiger partial charge is 0.265 e. The van der Waals surface area contributed by atoms with Crippen molar-refractivity contribution in [2.45, 2.75) is 11.5 Å². The van der Waals surface area contributed by atoms with Gasteiger partial charge in [0.05, 0.1) is 17.2 Å². The van der Waals surface area contributed by atoms with Crippen LogP contribution in [0.2, 0.25) is 0 Å². The summed E-state index contributed by atoms with van der Waals surface area (Å²) in [4.78, 5) is 0.459. The summed E-state index contributed by atoms with van der Waals surface area (Å²) in [5.74, 6) is -0.430. The number of aliphatic hydroxyl groups is 1. The summed E-state index contributed by atoms with van der Waals surface area (Å²) >= 11 is 1.18. The molecule has 0 unspecified atom stereocenters. The normalized spacial score (nSPS) is 11.5. The number of aliphatic hydroxyl groups excluding tert-OH is 1. The SMILES string of the molecule is CN(c1ccc(F)cc1)S(=O)(=O)c1ccsc1CO. The van der Waals surface area contributed by atoms with E-state index in [1.807, 2.05) is 0 Å². The molecule has 1 aromatic heterocycles. The number of halogens is 1. The summed E-state index contributed by atoms with van der Waals surface area (Å²) in [6.07, 6.45) is 0. The first-order chi connectivity index (χ1) is 8.96. The molecular weight excluding hydrogens is 289 g/mol. The Hall–Kier alpha value is -1.44. The average Bonchev–Trinajstić information content (AvgIpc) is 2.87. The van der Waals surface area contributed by atoms with E-state index >= 15 is 0 Å². The molecule has 0 aliphatic heterocycles. The highest BCUT2D eigenvalue weighted by atomic mass is 32.2. The minimum absolute atomic E-state index is 0.0758. The second-order valence-corrected chi connectivity index (χ2v) is 6.75. The Kier molecular flexibility index (Phi) is 3.88. The van der Waals surface area contributed by atoms with Gasteiger partial charge in [0.2, 0.25) is 0 Å². The second kappa shape index (κ2) is 5.28. The maximum absolute atomic E-state index is 12.8. The van der Waals surface area contributed by atoms with Crippen LogP contribution in [0.4, 0.5) is 10.1 Å². The molecule has 19 heavy (non-hydrogen) atoms. The van der Waals surface area contributed by atoms with Gasteiger partial charge in [-0.05, 0) is 35.7 Å². The van der Waals surface area contributed by atoms with E-state index in [-0.39, 0.29) is 11.5 Å². The lowest BCUT2D eigenvalue weighted by Gasteiger charge is -2.19. The van der Waals surface area contributed by atoms with Crippen LogP contribution in [0.5, 0.6) is 0 Å². The average molecular weight is 301 g/mol. The summed E-state index contributed by atoms with van der Waals surface area (Å²) in [6.45, 7) is -0.330. The highest BCUT2D eigenvalue weighted by Gasteiger charge is 2.25. The minimum atomic E-state index is -3.74. The van der Waals surface area contributed by atoms with Crippen molar-refractivity contribution in [3.05, 3.63) is 46.4 Å². The molecule has 0 saturated heterocycles. The van der Waals surface area contributed by atoms with Crippen molar-refractivity contribution in [1.82, 2.24) is 0 Å². The van der Waals surface area contributed by atoms with E-state index in [9.17, 15) is 12.8 Å². The lowest BCUT2D eigenvalue weighted by molar-refractivity contribution is 0.282. The van der Waals surface area contributed by atoms with Crippen molar-refractivity contribution < 1.29 is 17.9 Å². The fraction of sp³-hybridized carbons (Fsp3) is 0.167. The molecule has 0 saturated carbocycles. The predicted molar refractivity (Wildman–Crippen MR) is 72.2 cm³/mol. The van der Waals surface area contributed by atoms with E-state index in [2.05, 4.69) is 0 Å². The van der Waals surface area contributed by atoms with E-state index < -0.39 is 15.8 Å². The van der Waals surface area contributed by atoms with Crippen LogP contribution >= 0.6 is 11.3 Å². The first kappa shape index (κ1) is 14.0. The van der Waals surface area contributed by atoms with Gasteiger partial charge in [0.1, 0.15) is 10.7 Å². The highest BCUT2D eigenvalue weighted by Crippen LogP contribution is 2.27. The van der Waals surface area contributed by atoms with Crippen molar-refractivity contribution in [2.75, 3.05) is 11.4 Å². The third kappa shape index (κ3) is 2.63. The third-order valence-corrected chi connectivity index (χ3v) is 5.58. The number of rotatable bonds is 4. The fourth-order valence-corrected chi connectivity index (χ4v) is 4.07. The van der Waals surface area contributed by atoms with Crippen molar-refractivity contribution in [3.63, 3.8) is 0 Å². The summed E-state index contributed by atoms with van der Waals surface area (Å²) in [7, 11) is -2.35. The third-order valence-electron chi connectivity index (χ3n) is 2.68. The number of hydrogen-bond donors (Lipinski definition) is 1. The van der Waals surface area contributed by atoms with Gasteiger partial charge in [0.15, 0.2) is 0 Å². The van der Waals surface area contributed by atoms with Crippen LogP contribution in [0.1, 0.15) is 4.88 Å². The van der Waals surface area contributed by atoms with Gasteiger partial charge in [-0.15, -0.1) is 11.3 Å². The first-order valence-corrected chi connectivity index (χ1v) is 7.70. The molecule has 2 aromatic rings. The molecule has 102 valence electrons. The van der Waals surface area contributed by atoms with Gasteiger partial charge in [-0.1, -0.05) is 0 Å². The van der Waals surface area contributed by atoms with E-state index in [1.54, 1.807) is 5.38 Å². The number of sulfonamides is 1. The predicted octanol–water partition coefficient (Wildman–Crippen LogP) is 2.20. The summed E-state index contributed by atoms with van der Waals surface area (Å²) < 4.78 is 38.7. The van der Waals surface area contributed by atoms with Crippen molar-refractivity contribution in [1.29, 1.82) is 0 Å². The topological polar surface area (TPSA) is 57.6 Å². The van der Waals surface area contributed by atoms with Crippen LogP contribution in [0.25, 0.3) is 0 Å². The minimum Gasteiger partial charge on any atom is -0.391 e. The monoisotopic (exact) mass is 301 g/mol. The Bertz CT molecular complexity index is 665. The molecule has 1 N–H and O–H groups in total. The van der Waals surface area contributed by atoms with E-state index in [4.69, 9.17) is 5.11 Å². The van der Waals surface area contributed by atoms with Crippen molar-refractivity contribution in [2.24, 2.45) is 0 Å². The molecule has 1 aromatic carbocycles. The Morgan fingerprint density at radius 2 is 1.89 bits per heavy atom. The number of thiophene rings is 1. The highest BCUT2D eigenvalue weighted by molar-refractivity contribution is 7.93. The summed E-state index contributed by atoms with van der Waals surface area (Å²) in [6, 6.07) is 6.62. The van der Waals surface area contributed by atoms with Crippen molar-refractivity contribution in [3.8, 4) is 0 Å². The van der Waals surface area contributed by atoms with Gasteiger partial charge in [-0.3, -0.25) is 4.31 Å². The Morgan fingerprint density at radius 3 is 2.47 bits per heavy atom. The number of anilines is 1. The van der Waals surface area contributed by atoms with E-state index in [1.165, 1.54) is 48.7 Å². The largest absolute Gasteiger partial charge is 0.391 e. The lowest BCUT2D eigenvalue weighted by Crippen LogP contribution is -2.26. The molecule has 0 radical (unpaired) electrons. The van der Waals surface area contributed by atoms with Gasteiger partial charge in [-0.25, -0.2) is 12.8 Å². The van der Waals surface area contributed by atoms with Gasteiger partial charge in [0.25, 0.3) is 10.0 Å². The number of nitrogens with zero attached hydrogens (tertiary/aromatic N) is 1. The maximum Gasteiger partial charge on any atom is 0.265 e. The first-order valence-electron chi connectivity index (χ1n) is 5.38. The van der Waals surface area contributed by atoms with Gasteiger partial charge >= 0.3 is 0 Å². The lowest BCUT2D eigenvalue weighted by atomic mass is 10.3. The number of hydrogen-bond acceptors (Lipinski definition) is 4. The standard InChI is InChI=1S/C12H12FNO3S2/c1-14(10-4-2-9(13)3-5-10)19(16,17)12-6-7-18-11(12)8-15/h2-7,15H,8H2,1H3. The molecule has 0 aliphatic rings.